The smallest absolute Gasteiger partial charge is 0.115 e. The Morgan fingerprint density at radius 2 is 2.38 bits per heavy atom. The van der Waals surface area contributed by atoms with Crippen LogP contribution in [0.15, 0.2) is 35.0 Å². The lowest BCUT2D eigenvalue weighted by Gasteiger charge is -2.21. The molecule has 1 aromatic rings. The van der Waals surface area contributed by atoms with Crippen LogP contribution >= 0.6 is 15.9 Å². The minimum Gasteiger partial charge on any atom is -0.497 e. The number of anilines is 1. The van der Waals surface area contributed by atoms with Gasteiger partial charge in [0.25, 0.3) is 0 Å². The molecular weight excluding hydrogens is 266 g/mol. The molecule has 0 spiro atoms. The summed E-state index contributed by atoms with van der Waals surface area (Å²) in [4.78, 5) is 0. The Bertz CT molecular complexity index is 390. The Morgan fingerprint density at radius 1 is 1.50 bits per heavy atom. The lowest BCUT2D eigenvalue weighted by Crippen LogP contribution is -2.23. The molecular formula is C13H16BrNO. The van der Waals surface area contributed by atoms with Gasteiger partial charge in [-0.15, -0.1) is 0 Å². The van der Waals surface area contributed by atoms with Crippen LogP contribution in [-0.2, 0) is 4.74 Å². The summed E-state index contributed by atoms with van der Waals surface area (Å²) in [6.07, 6.45) is 6.38. The van der Waals surface area contributed by atoms with Crippen molar-refractivity contribution in [3.8, 4) is 0 Å². The maximum atomic E-state index is 5.51. The Morgan fingerprint density at radius 3 is 3.12 bits per heavy atom. The van der Waals surface area contributed by atoms with E-state index in [9.17, 15) is 0 Å². The number of rotatable bonds is 3. The molecule has 3 heteroatoms. The van der Waals surface area contributed by atoms with Crippen LogP contribution in [0, 0.1) is 6.92 Å². The van der Waals surface area contributed by atoms with Crippen LogP contribution < -0.4 is 5.32 Å². The summed E-state index contributed by atoms with van der Waals surface area (Å²) >= 11 is 3.48. The molecule has 1 N–H and O–H groups in total. The summed E-state index contributed by atoms with van der Waals surface area (Å²) in [6.45, 7) is 2.97. The average molecular weight is 282 g/mol. The number of ether oxygens (including phenoxy) is 1. The molecule has 1 aliphatic heterocycles. The maximum Gasteiger partial charge on any atom is 0.115 e. The molecule has 0 bridgehead atoms. The van der Waals surface area contributed by atoms with E-state index in [-0.39, 0.29) is 0 Å². The van der Waals surface area contributed by atoms with Gasteiger partial charge in [-0.25, -0.2) is 0 Å². The van der Waals surface area contributed by atoms with Gasteiger partial charge in [-0.2, -0.15) is 0 Å². The zero-order valence-corrected chi connectivity index (χ0v) is 11.0. The number of halogens is 1. The monoisotopic (exact) mass is 281 g/mol. The van der Waals surface area contributed by atoms with E-state index in [2.05, 4.69) is 52.4 Å². The summed E-state index contributed by atoms with van der Waals surface area (Å²) in [5.41, 5.74) is 2.43. The predicted octanol–water partition coefficient (Wildman–Crippen LogP) is 3.86. The van der Waals surface area contributed by atoms with Crippen LogP contribution in [0.3, 0.4) is 0 Å². The summed E-state index contributed by atoms with van der Waals surface area (Å²) < 4.78 is 6.62. The van der Waals surface area contributed by atoms with Gasteiger partial charge in [0.05, 0.1) is 12.8 Å². The molecule has 1 aromatic carbocycles. The highest BCUT2D eigenvalue weighted by Gasteiger charge is 2.10. The highest BCUT2D eigenvalue weighted by atomic mass is 79.9. The molecule has 2 rings (SSSR count). The third kappa shape index (κ3) is 3.01. The quantitative estimate of drug-likeness (QED) is 0.908. The van der Waals surface area contributed by atoms with Crippen molar-refractivity contribution in [2.45, 2.75) is 25.9 Å². The molecule has 0 aromatic heterocycles. The first-order chi connectivity index (χ1) is 7.75. The maximum absolute atomic E-state index is 5.51. The van der Waals surface area contributed by atoms with Gasteiger partial charge in [0.15, 0.2) is 0 Å². The number of nitrogens with one attached hydrogen (secondary N) is 1. The highest BCUT2D eigenvalue weighted by molar-refractivity contribution is 9.10. The lowest BCUT2D eigenvalue weighted by molar-refractivity contribution is 0.135. The van der Waals surface area contributed by atoms with Crippen molar-refractivity contribution in [2.24, 2.45) is 0 Å². The van der Waals surface area contributed by atoms with Crippen LogP contribution in [-0.4, -0.2) is 12.6 Å². The molecule has 2 nitrogen and oxygen atoms in total. The van der Waals surface area contributed by atoms with E-state index in [1.54, 1.807) is 0 Å². The largest absolute Gasteiger partial charge is 0.497 e. The van der Waals surface area contributed by atoms with E-state index in [4.69, 9.17) is 4.74 Å². The Kier molecular flexibility index (Phi) is 3.88. The number of hydrogen-bond donors (Lipinski definition) is 1. The first kappa shape index (κ1) is 11.5. The van der Waals surface area contributed by atoms with Gasteiger partial charge in [0, 0.05) is 10.2 Å². The second-order valence-corrected chi connectivity index (χ2v) is 4.96. The molecule has 16 heavy (non-hydrogen) atoms. The molecule has 1 heterocycles. The third-order valence-corrected chi connectivity index (χ3v) is 3.24. The van der Waals surface area contributed by atoms with Crippen LogP contribution in [0.2, 0.25) is 0 Å². The number of allylic oxidation sites excluding steroid dienone is 1. The van der Waals surface area contributed by atoms with Crippen LogP contribution in [0.1, 0.15) is 18.4 Å². The fourth-order valence-electron chi connectivity index (χ4n) is 1.74. The molecule has 1 atom stereocenters. The van der Waals surface area contributed by atoms with E-state index < -0.39 is 0 Å². The first-order valence-electron chi connectivity index (χ1n) is 5.56. The molecule has 0 saturated heterocycles. The van der Waals surface area contributed by atoms with Crippen LogP contribution in [0.4, 0.5) is 5.69 Å². The molecule has 1 aliphatic rings. The zero-order valence-electron chi connectivity index (χ0n) is 9.37. The van der Waals surface area contributed by atoms with Crippen molar-refractivity contribution >= 4 is 21.6 Å². The molecule has 0 amide bonds. The van der Waals surface area contributed by atoms with E-state index in [1.165, 1.54) is 11.3 Å². The molecule has 0 fully saturated rings. The Balaban J connectivity index is 1.93. The summed E-state index contributed by atoms with van der Waals surface area (Å²) in [5.74, 6) is 0. The Labute approximate surface area is 105 Å². The van der Waals surface area contributed by atoms with Crippen molar-refractivity contribution in [1.82, 2.24) is 0 Å². The number of benzene rings is 1. The second kappa shape index (κ2) is 5.39. The van der Waals surface area contributed by atoms with Gasteiger partial charge < -0.3 is 10.1 Å². The second-order valence-electron chi connectivity index (χ2n) is 4.05. The molecule has 0 aliphatic carbocycles. The molecule has 0 saturated carbocycles. The van der Waals surface area contributed by atoms with Gasteiger partial charge in [0.2, 0.25) is 0 Å². The first-order valence-corrected chi connectivity index (χ1v) is 6.35. The van der Waals surface area contributed by atoms with Gasteiger partial charge in [-0.1, -0.05) is 22.0 Å². The van der Waals surface area contributed by atoms with Crippen molar-refractivity contribution in [1.29, 1.82) is 0 Å². The molecule has 1 unspecified atom stereocenters. The van der Waals surface area contributed by atoms with E-state index in [0.29, 0.717) is 6.10 Å². The number of hydrogen-bond acceptors (Lipinski definition) is 2. The van der Waals surface area contributed by atoms with Crippen LogP contribution in [0.5, 0.6) is 0 Å². The summed E-state index contributed by atoms with van der Waals surface area (Å²) in [7, 11) is 0. The van der Waals surface area contributed by atoms with Crippen molar-refractivity contribution in [3.05, 3.63) is 40.6 Å². The highest BCUT2D eigenvalue weighted by Crippen LogP contribution is 2.21. The van der Waals surface area contributed by atoms with E-state index in [0.717, 1.165) is 23.9 Å². The minimum atomic E-state index is 0.295. The van der Waals surface area contributed by atoms with Gasteiger partial charge in [0.1, 0.15) is 6.10 Å². The van der Waals surface area contributed by atoms with Crippen LogP contribution in [0.25, 0.3) is 0 Å². The standard InChI is InChI=1S/C13H16BrNO/c1-10-5-6-11(14)8-13(10)15-9-12-4-2-3-7-16-12/h3,5-8,12,15H,2,4,9H2,1H3. The molecule has 0 radical (unpaired) electrons. The lowest BCUT2D eigenvalue weighted by atomic mass is 10.1. The topological polar surface area (TPSA) is 21.3 Å². The predicted molar refractivity (Wildman–Crippen MR) is 70.6 cm³/mol. The van der Waals surface area contributed by atoms with Crippen molar-refractivity contribution in [2.75, 3.05) is 11.9 Å². The summed E-state index contributed by atoms with van der Waals surface area (Å²) in [5, 5.41) is 3.43. The van der Waals surface area contributed by atoms with E-state index >= 15 is 0 Å². The van der Waals surface area contributed by atoms with Gasteiger partial charge >= 0.3 is 0 Å². The zero-order chi connectivity index (χ0) is 11.4. The number of aryl methyl sites for hydroxylation is 1. The fraction of sp³-hybridized carbons (Fsp3) is 0.385. The average Bonchev–Trinajstić information content (AvgIpc) is 2.32. The fourth-order valence-corrected chi connectivity index (χ4v) is 2.10. The van der Waals surface area contributed by atoms with Gasteiger partial charge in [-0.05, 0) is 43.5 Å². The summed E-state index contributed by atoms with van der Waals surface area (Å²) in [6, 6.07) is 6.27. The third-order valence-electron chi connectivity index (χ3n) is 2.74. The van der Waals surface area contributed by atoms with E-state index in [1.807, 2.05) is 6.26 Å². The normalized spacial score (nSPS) is 19.2. The van der Waals surface area contributed by atoms with Crippen molar-refractivity contribution < 1.29 is 4.74 Å². The minimum absolute atomic E-state index is 0.295. The SMILES string of the molecule is Cc1ccc(Br)cc1NCC1CCC=CO1. The van der Waals surface area contributed by atoms with Crippen molar-refractivity contribution in [3.63, 3.8) is 0 Å². The van der Waals surface area contributed by atoms with Gasteiger partial charge in [-0.3, -0.25) is 0 Å². The Hall–Kier alpha value is -0.960. The molecule has 86 valence electrons.